The number of rotatable bonds is 2. The zero-order chi connectivity index (χ0) is 18.5. The lowest BCUT2D eigenvalue weighted by Gasteiger charge is -2.22. The van der Waals surface area contributed by atoms with Crippen LogP contribution < -0.4 is 9.64 Å². The number of hydrogen-bond acceptors (Lipinski definition) is 6. The van der Waals surface area contributed by atoms with Crippen LogP contribution >= 0.6 is 0 Å². The SMILES string of the molecule is Cc1cc2c(c(O)c1-c1ccc3oc(N4CCCCC4=O)nc3n1)CCO2. The number of piperidine rings is 1. The van der Waals surface area contributed by atoms with Crippen molar-refractivity contribution in [2.45, 2.75) is 32.6 Å². The molecule has 0 unspecified atom stereocenters. The van der Waals surface area contributed by atoms with Gasteiger partial charge in [0.15, 0.2) is 5.58 Å². The molecule has 1 N–H and O–H groups in total. The molecule has 4 heterocycles. The number of ether oxygens (including phenoxy) is 1. The molecule has 2 aliphatic heterocycles. The van der Waals surface area contributed by atoms with Crippen LogP contribution in [0.1, 0.15) is 30.4 Å². The second-order valence-corrected chi connectivity index (χ2v) is 7.01. The fourth-order valence-electron chi connectivity index (χ4n) is 3.84. The van der Waals surface area contributed by atoms with Gasteiger partial charge in [-0.2, -0.15) is 4.98 Å². The zero-order valence-corrected chi connectivity index (χ0v) is 15.0. The van der Waals surface area contributed by atoms with E-state index in [1.807, 2.05) is 13.0 Å². The number of phenols is 1. The number of carbonyl (C=O) groups excluding carboxylic acids is 1. The molecule has 3 aromatic rings. The smallest absolute Gasteiger partial charge is 0.306 e. The monoisotopic (exact) mass is 365 g/mol. The quantitative estimate of drug-likeness (QED) is 0.749. The average molecular weight is 365 g/mol. The molecule has 2 aliphatic rings. The lowest BCUT2D eigenvalue weighted by molar-refractivity contribution is -0.119. The molecule has 0 atom stereocenters. The summed E-state index contributed by atoms with van der Waals surface area (Å²) in [4.78, 5) is 22.7. The maximum absolute atomic E-state index is 12.1. The topological polar surface area (TPSA) is 88.7 Å². The van der Waals surface area contributed by atoms with Crippen LogP contribution in [0.4, 0.5) is 6.01 Å². The molecule has 2 aromatic heterocycles. The predicted molar refractivity (Wildman–Crippen MR) is 99.0 cm³/mol. The molecule has 1 aromatic carbocycles. The molecule has 7 heteroatoms. The number of fused-ring (bicyclic) bond motifs is 2. The summed E-state index contributed by atoms with van der Waals surface area (Å²) in [5, 5.41) is 10.7. The molecule has 0 bridgehead atoms. The number of nitrogens with zero attached hydrogens (tertiary/aromatic N) is 3. The lowest BCUT2D eigenvalue weighted by Crippen LogP contribution is -2.35. The fraction of sp³-hybridized carbons (Fsp3) is 0.350. The molecule has 0 aliphatic carbocycles. The van der Waals surface area contributed by atoms with Crippen molar-refractivity contribution < 1.29 is 19.1 Å². The van der Waals surface area contributed by atoms with Gasteiger partial charge in [0.25, 0.3) is 0 Å². The van der Waals surface area contributed by atoms with Crippen molar-refractivity contribution in [2.24, 2.45) is 0 Å². The summed E-state index contributed by atoms with van der Waals surface area (Å²) < 4.78 is 11.3. The Hall–Kier alpha value is -3.09. The van der Waals surface area contributed by atoms with Crippen LogP contribution in [0, 0.1) is 6.92 Å². The molecule has 138 valence electrons. The van der Waals surface area contributed by atoms with Gasteiger partial charge in [0.2, 0.25) is 11.6 Å². The van der Waals surface area contributed by atoms with Crippen molar-refractivity contribution in [1.29, 1.82) is 0 Å². The van der Waals surface area contributed by atoms with Gasteiger partial charge in [-0.3, -0.25) is 9.69 Å². The summed E-state index contributed by atoms with van der Waals surface area (Å²) in [6.07, 6.45) is 3.04. The Bertz CT molecular complexity index is 1070. The number of aromatic nitrogens is 2. The van der Waals surface area contributed by atoms with Crippen molar-refractivity contribution in [3.05, 3.63) is 29.3 Å². The van der Waals surface area contributed by atoms with Crippen LogP contribution in [-0.2, 0) is 11.2 Å². The first-order valence-electron chi connectivity index (χ1n) is 9.18. The highest BCUT2D eigenvalue weighted by molar-refractivity contribution is 5.93. The van der Waals surface area contributed by atoms with Crippen LogP contribution in [0.5, 0.6) is 11.5 Å². The third kappa shape index (κ3) is 2.53. The minimum atomic E-state index is 0.0279. The first-order chi connectivity index (χ1) is 13.1. The molecule has 1 amide bonds. The van der Waals surface area contributed by atoms with Gasteiger partial charge in [-0.1, -0.05) is 0 Å². The first kappa shape index (κ1) is 16.1. The van der Waals surface area contributed by atoms with E-state index in [2.05, 4.69) is 9.97 Å². The number of amides is 1. The number of aryl methyl sites for hydroxylation is 1. The molecule has 0 saturated carbocycles. The van der Waals surface area contributed by atoms with Crippen LogP contribution in [-0.4, -0.2) is 34.1 Å². The normalized spacial score (nSPS) is 16.6. The van der Waals surface area contributed by atoms with Gasteiger partial charge >= 0.3 is 6.01 Å². The van der Waals surface area contributed by atoms with Gasteiger partial charge < -0.3 is 14.3 Å². The van der Waals surface area contributed by atoms with E-state index in [0.717, 1.165) is 29.7 Å². The largest absolute Gasteiger partial charge is 0.507 e. The number of aromatic hydroxyl groups is 1. The Balaban J connectivity index is 1.59. The number of hydrogen-bond donors (Lipinski definition) is 1. The van der Waals surface area contributed by atoms with E-state index in [1.54, 1.807) is 17.0 Å². The minimum Gasteiger partial charge on any atom is -0.507 e. The van der Waals surface area contributed by atoms with E-state index in [9.17, 15) is 9.90 Å². The second-order valence-electron chi connectivity index (χ2n) is 7.01. The number of anilines is 1. The van der Waals surface area contributed by atoms with Gasteiger partial charge in [0, 0.05) is 30.5 Å². The summed E-state index contributed by atoms with van der Waals surface area (Å²) in [5.41, 5.74) is 3.95. The van der Waals surface area contributed by atoms with Gasteiger partial charge in [-0.25, -0.2) is 4.98 Å². The number of phenolic OH excluding ortho intramolecular Hbond substituents is 1. The molecule has 1 fully saturated rings. The molecule has 1 saturated heterocycles. The van der Waals surface area contributed by atoms with Gasteiger partial charge in [-0.05, 0) is 43.5 Å². The maximum atomic E-state index is 12.1. The van der Waals surface area contributed by atoms with E-state index in [0.29, 0.717) is 54.5 Å². The van der Waals surface area contributed by atoms with Crippen molar-refractivity contribution >= 4 is 23.2 Å². The van der Waals surface area contributed by atoms with E-state index in [1.165, 1.54) is 0 Å². The third-order valence-corrected chi connectivity index (χ3v) is 5.22. The number of carbonyl (C=O) groups is 1. The number of benzene rings is 1. The fourth-order valence-corrected chi connectivity index (χ4v) is 3.84. The maximum Gasteiger partial charge on any atom is 0.306 e. The summed E-state index contributed by atoms with van der Waals surface area (Å²) in [7, 11) is 0. The molecular weight excluding hydrogens is 346 g/mol. The van der Waals surface area contributed by atoms with Crippen LogP contribution in [0.25, 0.3) is 22.5 Å². The Morgan fingerprint density at radius 2 is 2.07 bits per heavy atom. The van der Waals surface area contributed by atoms with Crippen molar-refractivity contribution in [3.63, 3.8) is 0 Å². The molecule has 7 nitrogen and oxygen atoms in total. The lowest BCUT2D eigenvalue weighted by atomic mass is 9.98. The zero-order valence-electron chi connectivity index (χ0n) is 15.0. The number of pyridine rings is 1. The van der Waals surface area contributed by atoms with E-state index in [-0.39, 0.29) is 11.7 Å². The summed E-state index contributed by atoms with van der Waals surface area (Å²) >= 11 is 0. The summed E-state index contributed by atoms with van der Waals surface area (Å²) in [6, 6.07) is 5.82. The summed E-state index contributed by atoms with van der Waals surface area (Å²) in [6.45, 7) is 3.11. The first-order valence-corrected chi connectivity index (χ1v) is 9.18. The minimum absolute atomic E-state index is 0.0279. The van der Waals surface area contributed by atoms with E-state index < -0.39 is 0 Å². The van der Waals surface area contributed by atoms with Gasteiger partial charge in [0.05, 0.1) is 12.3 Å². The molecular formula is C20H19N3O4. The standard InChI is InChI=1S/C20H19N3O4/c1-11-10-15-12(7-9-26-15)18(25)17(11)13-5-6-14-19(21-13)22-20(27-14)23-8-3-2-4-16(23)24/h5-6,10,25H,2-4,7-9H2,1H3. The van der Waals surface area contributed by atoms with Crippen LogP contribution in [0.2, 0.25) is 0 Å². The highest BCUT2D eigenvalue weighted by Gasteiger charge is 2.26. The Labute approximate surface area is 155 Å². The second kappa shape index (κ2) is 5.97. The molecule has 0 radical (unpaired) electrons. The Morgan fingerprint density at radius 3 is 2.93 bits per heavy atom. The Kier molecular flexibility index (Phi) is 3.56. The highest BCUT2D eigenvalue weighted by Crippen LogP contribution is 2.42. The molecule has 5 rings (SSSR count). The average Bonchev–Trinajstić information content (AvgIpc) is 3.28. The van der Waals surface area contributed by atoms with Crippen LogP contribution in [0.3, 0.4) is 0 Å². The van der Waals surface area contributed by atoms with E-state index in [4.69, 9.17) is 9.15 Å². The van der Waals surface area contributed by atoms with Gasteiger partial charge in [-0.15, -0.1) is 0 Å². The van der Waals surface area contributed by atoms with E-state index >= 15 is 0 Å². The van der Waals surface area contributed by atoms with Gasteiger partial charge in [0.1, 0.15) is 11.5 Å². The van der Waals surface area contributed by atoms with Crippen molar-refractivity contribution in [3.8, 4) is 22.8 Å². The molecule has 27 heavy (non-hydrogen) atoms. The van der Waals surface area contributed by atoms with Crippen molar-refractivity contribution in [1.82, 2.24) is 9.97 Å². The third-order valence-electron chi connectivity index (χ3n) is 5.22. The predicted octanol–water partition coefficient (Wildman–Crippen LogP) is 3.36. The van der Waals surface area contributed by atoms with Crippen LogP contribution in [0.15, 0.2) is 22.6 Å². The van der Waals surface area contributed by atoms with Crippen molar-refractivity contribution in [2.75, 3.05) is 18.1 Å². The number of oxazole rings is 1. The molecule has 0 spiro atoms. The summed E-state index contributed by atoms with van der Waals surface area (Å²) in [5.74, 6) is 0.978. The Morgan fingerprint density at radius 1 is 1.19 bits per heavy atom. The highest BCUT2D eigenvalue weighted by atomic mass is 16.5.